The predicted octanol–water partition coefficient (Wildman–Crippen LogP) is 13.1. The van der Waals surface area contributed by atoms with Gasteiger partial charge in [-0.05, 0) is 12.8 Å². The lowest BCUT2D eigenvalue weighted by atomic mass is 9.98. The van der Waals surface area contributed by atoms with Crippen LogP contribution in [0.5, 0.6) is 0 Å². The second-order valence-corrected chi connectivity index (χ2v) is 23.7. The minimum Gasteiger partial charge on any atom is -0.457 e. The molecule has 7 N–H and O–H groups in total. The molecule has 464 valence electrons. The zero-order chi connectivity index (χ0) is 56.5. The van der Waals surface area contributed by atoms with Gasteiger partial charge in [0, 0.05) is 13.0 Å². The van der Waals surface area contributed by atoms with Crippen molar-refractivity contribution in [3.8, 4) is 0 Å². The second kappa shape index (κ2) is 51.6. The first-order valence-corrected chi connectivity index (χ1v) is 33.1. The Morgan fingerprint density at radius 1 is 0.372 bits per heavy atom. The molecule has 14 nitrogen and oxygen atoms in total. The van der Waals surface area contributed by atoms with Gasteiger partial charge in [-0.15, -0.1) is 0 Å². The molecule has 2 aliphatic heterocycles. The normalized spacial score (nSPS) is 24.0. The Kier molecular flexibility index (Phi) is 48.4. The van der Waals surface area contributed by atoms with Crippen molar-refractivity contribution in [1.29, 1.82) is 0 Å². The Morgan fingerprint density at radius 3 is 1.04 bits per heavy atom. The maximum Gasteiger partial charge on any atom is 0.306 e. The van der Waals surface area contributed by atoms with Crippen molar-refractivity contribution in [2.75, 3.05) is 33.0 Å². The van der Waals surface area contributed by atoms with Gasteiger partial charge in [0.1, 0.15) is 54.9 Å². The largest absolute Gasteiger partial charge is 0.457 e. The maximum absolute atomic E-state index is 13.1. The third kappa shape index (κ3) is 37.2. The van der Waals surface area contributed by atoms with Gasteiger partial charge in [0.05, 0.1) is 26.4 Å². The van der Waals surface area contributed by atoms with E-state index < -0.39 is 80.7 Å². The molecule has 78 heavy (non-hydrogen) atoms. The van der Waals surface area contributed by atoms with Crippen molar-refractivity contribution >= 4 is 5.97 Å². The van der Waals surface area contributed by atoms with Crippen molar-refractivity contribution in [1.82, 2.24) is 0 Å². The smallest absolute Gasteiger partial charge is 0.306 e. The van der Waals surface area contributed by atoms with Gasteiger partial charge in [0.15, 0.2) is 12.6 Å². The van der Waals surface area contributed by atoms with Crippen LogP contribution in [0.1, 0.15) is 303 Å². The Labute approximate surface area is 476 Å². The molecule has 11 atom stereocenters. The summed E-state index contributed by atoms with van der Waals surface area (Å²) < 4.78 is 34.5. The minimum absolute atomic E-state index is 0.0714. The van der Waals surface area contributed by atoms with E-state index in [9.17, 15) is 40.5 Å². The van der Waals surface area contributed by atoms with Gasteiger partial charge in [-0.25, -0.2) is 0 Å². The van der Waals surface area contributed by atoms with Crippen molar-refractivity contribution in [3.63, 3.8) is 0 Å². The summed E-state index contributed by atoms with van der Waals surface area (Å²) in [6, 6.07) is 0. The molecule has 2 saturated heterocycles. The molecule has 0 bridgehead atoms. The first-order chi connectivity index (χ1) is 38.1. The van der Waals surface area contributed by atoms with Crippen LogP contribution in [-0.4, -0.2) is 142 Å². The summed E-state index contributed by atoms with van der Waals surface area (Å²) in [5, 5.41) is 72.5. The van der Waals surface area contributed by atoms with E-state index in [1.165, 1.54) is 238 Å². The number of hydrogen-bond donors (Lipinski definition) is 7. The molecule has 2 rings (SSSR count). The Balaban J connectivity index is 1.65. The molecule has 0 aromatic carbocycles. The fraction of sp³-hybridized carbons (Fsp3) is 0.984. The molecule has 0 amide bonds. The molecule has 2 aliphatic rings. The minimum atomic E-state index is -1.70. The molecular formula is C64H124O14. The third-order valence-electron chi connectivity index (χ3n) is 16.4. The van der Waals surface area contributed by atoms with Crippen LogP contribution in [0.2, 0.25) is 0 Å². The highest BCUT2D eigenvalue weighted by Gasteiger charge is 2.47. The third-order valence-corrected chi connectivity index (χ3v) is 16.4. The monoisotopic (exact) mass is 1120 g/mol. The molecular weight excluding hydrogens is 993 g/mol. The summed E-state index contributed by atoms with van der Waals surface area (Å²) in [5.41, 5.74) is 0. The lowest BCUT2D eigenvalue weighted by Crippen LogP contribution is -2.61. The van der Waals surface area contributed by atoms with E-state index in [-0.39, 0.29) is 25.6 Å². The molecule has 2 heterocycles. The topological polar surface area (TPSA) is 214 Å². The number of aliphatic hydroxyl groups is 7. The van der Waals surface area contributed by atoms with E-state index in [1.54, 1.807) is 0 Å². The molecule has 11 unspecified atom stereocenters. The van der Waals surface area contributed by atoms with Gasteiger partial charge >= 0.3 is 5.97 Å². The van der Waals surface area contributed by atoms with Crippen molar-refractivity contribution < 1.29 is 69.0 Å². The number of aliphatic hydroxyl groups excluding tert-OH is 7. The van der Waals surface area contributed by atoms with Gasteiger partial charge in [0.25, 0.3) is 0 Å². The van der Waals surface area contributed by atoms with Crippen LogP contribution in [0, 0.1) is 0 Å². The number of esters is 1. The van der Waals surface area contributed by atoms with Crippen molar-refractivity contribution in [2.45, 2.75) is 370 Å². The zero-order valence-corrected chi connectivity index (χ0v) is 50.2. The van der Waals surface area contributed by atoms with E-state index in [0.717, 1.165) is 44.9 Å². The highest BCUT2D eigenvalue weighted by molar-refractivity contribution is 5.69. The van der Waals surface area contributed by atoms with Crippen LogP contribution >= 0.6 is 0 Å². The number of carbonyl (C=O) groups excluding carboxylic acids is 1. The van der Waals surface area contributed by atoms with Crippen molar-refractivity contribution in [3.05, 3.63) is 0 Å². The summed E-state index contributed by atoms with van der Waals surface area (Å²) in [6.45, 7) is 3.79. The van der Waals surface area contributed by atoms with Crippen LogP contribution in [0.3, 0.4) is 0 Å². The lowest BCUT2D eigenvalue weighted by molar-refractivity contribution is -0.332. The molecule has 0 spiro atoms. The first kappa shape index (κ1) is 73.1. The maximum atomic E-state index is 13.1. The second-order valence-electron chi connectivity index (χ2n) is 23.7. The van der Waals surface area contributed by atoms with Gasteiger partial charge in [-0.2, -0.15) is 0 Å². The van der Waals surface area contributed by atoms with Gasteiger partial charge < -0.3 is 64.2 Å². The van der Waals surface area contributed by atoms with E-state index in [4.69, 9.17) is 28.4 Å². The molecule has 14 heteroatoms. The van der Waals surface area contributed by atoms with Gasteiger partial charge in [-0.3, -0.25) is 4.79 Å². The molecule has 0 aromatic rings. The van der Waals surface area contributed by atoms with E-state index in [0.29, 0.717) is 6.61 Å². The summed E-state index contributed by atoms with van der Waals surface area (Å²) in [4.78, 5) is 13.1. The number of rotatable bonds is 56. The summed E-state index contributed by atoms with van der Waals surface area (Å²) in [6.07, 6.45) is 41.7. The van der Waals surface area contributed by atoms with Gasteiger partial charge in [-0.1, -0.05) is 284 Å². The van der Waals surface area contributed by atoms with Crippen LogP contribution < -0.4 is 0 Å². The first-order valence-electron chi connectivity index (χ1n) is 33.1. The fourth-order valence-corrected chi connectivity index (χ4v) is 11.1. The predicted molar refractivity (Wildman–Crippen MR) is 312 cm³/mol. The fourth-order valence-electron chi connectivity index (χ4n) is 11.1. The summed E-state index contributed by atoms with van der Waals surface area (Å²) >= 11 is 0. The van der Waals surface area contributed by atoms with Crippen LogP contribution in [0.4, 0.5) is 0 Å². The van der Waals surface area contributed by atoms with E-state index >= 15 is 0 Å². The van der Waals surface area contributed by atoms with E-state index in [1.807, 2.05) is 0 Å². The van der Waals surface area contributed by atoms with Crippen molar-refractivity contribution in [2.24, 2.45) is 0 Å². The van der Waals surface area contributed by atoms with Crippen LogP contribution in [0.15, 0.2) is 0 Å². The Hall–Kier alpha value is -1.01. The highest BCUT2D eigenvalue weighted by Crippen LogP contribution is 2.27. The Morgan fingerprint density at radius 2 is 0.679 bits per heavy atom. The zero-order valence-electron chi connectivity index (χ0n) is 50.2. The molecule has 0 radical (unpaired) electrons. The average Bonchev–Trinajstić information content (AvgIpc) is 3.45. The summed E-state index contributed by atoms with van der Waals surface area (Å²) in [5.74, 6) is -0.365. The van der Waals surface area contributed by atoms with Crippen LogP contribution in [0.25, 0.3) is 0 Å². The number of carbonyl (C=O) groups is 1. The molecule has 0 aliphatic carbocycles. The Bertz CT molecular complexity index is 1300. The number of unbranched alkanes of at least 4 members (excludes halogenated alkanes) is 42. The SMILES string of the molecule is CCCCCCCCCCCCCCCCCCCCCCCCOCC(COC1OC(COC2OC(CO)C(O)C(O)C2O)C(O)C(O)C1O)OC(=O)CCCCCCCCCCCCCCCCCCCCCCCC. The standard InChI is InChI=1S/C64H124O14/c1-3-5-7-9-11-13-15-17-19-21-23-25-27-29-31-33-35-37-39-41-43-45-47-56(66)76-53(50-73-48-46-44-42-40-38-36-34-32-30-28-26-24-22-20-18-16-14-12-10-8-6-4-2)51-74-63-62(72)60(70)58(68)55(78-63)52-75-64-61(71)59(69)57(67)54(49-65)77-64/h53-55,57-65,67-72H,3-52H2,1-2H3. The quantitative estimate of drug-likeness (QED) is 0.0223. The molecule has 2 fully saturated rings. The van der Waals surface area contributed by atoms with Crippen LogP contribution in [-0.2, 0) is 33.2 Å². The number of ether oxygens (including phenoxy) is 6. The van der Waals surface area contributed by atoms with E-state index in [2.05, 4.69) is 13.8 Å². The average molecular weight is 1120 g/mol. The number of hydrogen-bond acceptors (Lipinski definition) is 14. The molecule has 0 aromatic heterocycles. The summed E-state index contributed by atoms with van der Waals surface area (Å²) in [7, 11) is 0. The molecule has 0 saturated carbocycles. The lowest BCUT2D eigenvalue weighted by Gasteiger charge is -2.42. The highest BCUT2D eigenvalue weighted by atomic mass is 16.7. The van der Waals surface area contributed by atoms with Gasteiger partial charge in [0.2, 0.25) is 0 Å².